The molecule has 0 N–H and O–H groups in total. The molecule has 0 bridgehead atoms. The van der Waals surface area contributed by atoms with Crippen molar-refractivity contribution in [2.24, 2.45) is 0 Å². The fourth-order valence-electron chi connectivity index (χ4n) is 2.07. The summed E-state index contributed by atoms with van der Waals surface area (Å²) < 4.78 is 9.69. The molecule has 0 aliphatic carbocycles. The maximum atomic E-state index is 12.0. The van der Waals surface area contributed by atoms with E-state index in [2.05, 4.69) is 0 Å². The molecule has 1 aromatic rings. The van der Waals surface area contributed by atoms with Crippen molar-refractivity contribution in [3.05, 3.63) is 35.9 Å². The minimum Gasteiger partial charge on any atom is -0.465 e. The van der Waals surface area contributed by atoms with Crippen LogP contribution in [-0.2, 0) is 14.3 Å². The number of esters is 1. The Morgan fingerprint density at radius 3 is 2.45 bits per heavy atom. The number of methoxy groups -OCH3 is 1. The number of amides is 1. The van der Waals surface area contributed by atoms with E-state index in [-0.39, 0.29) is 12.6 Å². The molecule has 1 aromatic carbocycles. The molecule has 0 aromatic heterocycles. The van der Waals surface area contributed by atoms with Gasteiger partial charge in [-0.15, -0.1) is 11.6 Å². The third-order valence-electron chi connectivity index (χ3n) is 3.32. The first kappa shape index (κ1) is 18.3. The van der Waals surface area contributed by atoms with Gasteiger partial charge in [-0.3, -0.25) is 4.79 Å². The highest BCUT2D eigenvalue weighted by molar-refractivity contribution is 6.29. The Kier molecular flexibility index (Phi) is 7.74. The average molecular weight is 328 g/mol. The van der Waals surface area contributed by atoms with Crippen LogP contribution in [0.2, 0.25) is 0 Å². The zero-order valence-corrected chi connectivity index (χ0v) is 13.9. The second-order valence-electron chi connectivity index (χ2n) is 4.76. The normalized spacial score (nSPS) is 13.1. The van der Waals surface area contributed by atoms with Gasteiger partial charge in [0.15, 0.2) is 0 Å². The van der Waals surface area contributed by atoms with Gasteiger partial charge in [-0.2, -0.15) is 0 Å². The Morgan fingerprint density at radius 2 is 1.91 bits per heavy atom. The summed E-state index contributed by atoms with van der Waals surface area (Å²) in [6.45, 7) is 4.21. The lowest BCUT2D eigenvalue weighted by Crippen LogP contribution is -2.36. The van der Waals surface area contributed by atoms with Gasteiger partial charge in [0.1, 0.15) is 5.38 Å². The Morgan fingerprint density at radius 1 is 1.27 bits per heavy atom. The molecule has 22 heavy (non-hydrogen) atoms. The molecule has 0 spiro atoms. The number of hydrogen-bond donors (Lipinski definition) is 0. The highest BCUT2D eigenvalue weighted by atomic mass is 35.5. The lowest BCUT2D eigenvalue weighted by molar-refractivity contribution is -0.142. The summed E-state index contributed by atoms with van der Waals surface area (Å²) in [5, 5.41) is -0.782. The molecule has 6 heteroatoms. The van der Waals surface area contributed by atoms with Crippen LogP contribution in [0.1, 0.15) is 31.9 Å². The number of hydrogen-bond acceptors (Lipinski definition) is 4. The largest absolute Gasteiger partial charge is 0.465 e. The molecule has 1 amide bonds. The molecule has 0 fully saturated rings. The van der Waals surface area contributed by atoms with Crippen LogP contribution in [0.25, 0.3) is 0 Å². The highest BCUT2D eigenvalue weighted by Crippen LogP contribution is 2.22. The van der Waals surface area contributed by atoms with Crippen molar-refractivity contribution >= 4 is 23.7 Å². The fraction of sp³-hybridized carbons (Fsp3) is 0.500. The minimum absolute atomic E-state index is 0.181. The molecule has 0 saturated carbocycles. The summed E-state index contributed by atoms with van der Waals surface area (Å²) in [4.78, 5) is 25.1. The van der Waals surface area contributed by atoms with Crippen molar-refractivity contribution in [2.45, 2.75) is 31.7 Å². The van der Waals surface area contributed by atoms with Gasteiger partial charge in [-0.25, -0.2) is 4.79 Å². The monoisotopic (exact) mass is 327 g/mol. The molecular formula is C16H22ClNO4. The van der Waals surface area contributed by atoms with Crippen LogP contribution in [0.4, 0.5) is 4.79 Å². The van der Waals surface area contributed by atoms with Crippen LogP contribution in [0.5, 0.6) is 0 Å². The molecule has 0 aliphatic rings. The summed E-state index contributed by atoms with van der Waals surface area (Å²) in [5.41, 5.74) is 0.982. The fourth-order valence-corrected chi connectivity index (χ4v) is 2.24. The van der Waals surface area contributed by atoms with Crippen molar-refractivity contribution in [3.63, 3.8) is 0 Å². The van der Waals surface area contributed by atoms with Crippen molar-refractivity contribution in [1.29, 1.82) is 0 Å². The zero-order chi connectivity index (χ0) is 16.5. The van der Waals surface area contributed by atoms with E-state index in [1.807, 2.05) is 37.3 Å². The van der Waals surface area contributed by atoms with E-state index >= 15 is 0 Å². The number of carbonyl (C=O) groups is 2. The molecular weight excluding hydrogens is 306 g/mol. The predicted octanol–water partition coefficient (Wildman–Crippen LogP) is 3.38. The molecule has 0 aliphatic heterocycles. The number of ether oxygens (including phenoxy) is 2. The van der Waals surface area contributed by atoms with E-state index in [4.69, 9.17) is 21.1 Å². The van der Waals surface area contributed by atoms with Gasteiger partial charge in [0, 0.05) is 6.54 Å². The van der Waals surface area contributed by atoms with Crippen molar-refractivity contribution < 1.29 is 19.1 Å². The minimum atomic E-state index is -0.782. The summed E-state index contributed by atoms with van der Waals surface area (Å²) >= 11 is 6.00. The number of carbonyl (C=O) groups excluding carboxylic acids is 2. The molecule has 122 valence electrons. The highest BCUT2D eigenvalue weighted by Gasteiger charge is 2.25. The number of rotatable bonds is 7. The number of nitrogens with zero attached hydrogens (tertiary/aromatic N) is 1. The number of benzene rings is 1. The Hall–Kier alpha value is -1.75. The zero-order valence-electron chi connectivity index (χ0n) is 13.1. The molecule has 0 radical (unpaired) electrons. The maximum Gasteiger partial charge on any atom is 0.409 e. The molecule has 0 unspecified atom stereocenters. The third-order valence-corrected chi connectivity index (χ3v) is 3.72. The summed E-state index contributed by atoms with van der Waals surface area (Å²) in [5.74, 6) is -0.471. The van der Waals surface area contributed by atoms with Crippen LogP contribution >= 0.6 is 11.6 Å². The lowest BCUT2D eigenvalue weighted by Gasteiger charge is -2.28. The Bertz CT molecular complexity index is 480. The van der Waals surface area contributed by atoms with E-state index in [0.29, 0.717) is 13.0 Å². The first-order valence-electron chi connectivity index (χ1n) is 7.21. The van der Waals surface area contributed by atoms with Gasteiger partial charge < -0.3 is 14.4 Å². The first-order chi connectivity index (χ1) is 10.5. The standard InChI is InChI=1S/C16H22ClNO4/c1-4-22-15(19)14(17)10-11-18(16(20)21-3)12(2)13-8-6-5-7-9-13/h5-9,12,14H,4,10-11H2,1-3H3/t12-,14-/m0/s1. The topological polar surface area (TPSA) is 55.8 Å². The van der Waals surface area contributed by atoms with Crippen LogP contribution in [0, 0.1) is 0 Å². The van der Waals surface area contributed by atoms with Gasteiger partial charge in [-0.05, 0) is 25.8 Å². The third kappa shape index (κ3) is 5.22. The van der Waals surface area contributed by atoms with E-state index in [0.717, 1.165) is 5.56 Å². The summed E-state index contributed by atoms with van der Waals surface area (Å²) in [6.07, 6.45) is -0.156. The van der Waals surface area contributed by atoms with E-state index in [9.17, 15) is 9.59 Å². The van der Waals surface area contributed by atoms with E-state index in [1.165, 1.54) is 7.11 Å². The van der Waals surface area contributed by atoms with Gasteiger partial charge in [0.2, 0.25) is 0 Å². The van der Waals surface area contributed by atoms with Gasteiger partial charge in [0.25, 0.3) is 0 Å². The second-order valence-corrected chi connectivity index (χ2v) is 5.29. The van der Waals surface area contributed by atoms with E-state index < -0.39 is 17.4 Å². The first-order valence-corrected chi connectivity index (χ1v) is 7.65. The smallest absolute Gasteiger partial charge is 0.409 e. The van der Waals surface area contributed by atoms with Crippen molar-refractivity contribution in [3.8, 4) is 0 Å². The maximum absolute atomic E-state index is 12.0. The van der Waals surface area contributed by atoms with Crippen LogP contribution in [-0.4, -0.2) is 42.6 Å². The quantitative estimate of drug-likeness (QED) is 0.569. The Balaban J connectivity index is 2.73. The second kappa shape index (κ2) is 9.30. The molecule has 1 rings (SSSR count). The summed E-state index contributed by atoms with van der Waals surface area (Å²) in [6, 6.07) is 9.41. The summed E-state index contributed by atoms with van der Waals surface area (Å²) in [7, 11) is 1.33. The van der Waals surface area contributed by atoms with Gasteiger partial charge in [-0.1, -0.05) is 30.3 Å². The molecule has 2 atom stereocenters. The number of alkyl halides is 1. The molecule has 0 heterocycles. The average Bonchev–Trinajstić information content (AvgIpc) is 2.55. The molecule has 5 nitrogen and oxygen atoms in total. The van der Waals surface area contributed by atoms with Crippen molar-refractivity contribution in [1.82, 2.24) is 4.90 Å². The van der Waals surface area contributed by atoms with Gasteiger partial charge >= 0.3 is 12.1 Å². The predicted molar refractivity (Wildman–Crippen MR) is 84.9 cm³/mol. The SMILES string of the molecule is CCOC(=O)[C@@H](Cl)CCN(C(=O)OC)[C@@H](C)c1ccccc1. The van der Waals surface area contributed by atoms with E-state index in [1.54, 1.807) is 11.8 Å². The van der Waals surface area contributed by atoms with Crippen LogP contribution in [0.3, 0.4) is 0 Å². The van der Waals surface area contributed by atoms with Crippen LogP contribution in [0.15, 0.2) is 30.3 Å². The number of halogens is 1. The van der Waals surface area contributed by atoms with Gasteiger partial charge in [0.05, 0.1) is 19.8 Å². The van der Waals surface area contributed by atoms with Crippen molar-refractivity contribution in [2.75, 3.05) is 20.3 Å². The Labute approximate surface area is 136 Å². The van der Waals surface area contributed by atoms with Crippen LogP contribution < -0.4 is 0 Å². The molecule has 0 saturated heterocycles. The lowest BCUT2D eigenvalue weighted by atomic mass is 10.1.